The van der Waals surface area contributed by atoms with Gasteiger partial charge in [0.25, 0.3) is 0 Å². The Bertz CT molecular complexity index is 1600. The summed E-state index contributed by atoms with van der Waals surface area (Å²) in [5.41, 5.74) is 3.26. The lowest BCUT2D eigenvalue weighted by Crippen LogP contribution is -2.39. The molecule has 6 rings (SSSR count). The monoisotopic (exact) mass is 572 g/mol. The number of hydrogen-bond acceptors (Lipinski definition) is 7. The number of fused-ring (bicyclic) bond motifs is 4. The van der Waals surface area contributed by atoms with Crippen molar-refractivity contribution in [1.29, 1.82) is 0 Å². The summed E-state index contributed by atoms with van der Waals surface area (Å²) in [6, 6.07) is 22.2. The molecule has 0 amide bonds. The average Bonchev–Trinajstić information content (AvgIpc) is 3.00. The van der Waals surface area contributed by atoms with E-state index in [1.165, 1.54) is 19.2 Å². The number of allylic oxidation sites excluding steroid dienone is 1. The second-order valence-electron chi connectivity index (χ2n) is 9.94. The van der Waals surface area contributed by atoms with Crippen LogP contribution in [0.4, 0.5) is 0 Å². The van der Waals surface area contributed by atoms with E-state index in [-0.39, 0.29) is 28.4 Å². The second kappa shape index (κ2) is 10.8. The molecule has 0 fully saturated rings. The summed E-state index contributed by atoms with van der Waals surface area (Å²) in [5, 5.41) is 21.2. The van der Waals surface area contributed by atoms with E-state index in [0.29, 0.717) is 34.1 Å². The highest BCUT2D eigenvalue weighted by atomic mass is 35.5. The number of methoxy groups -OCH3 is 3. The quantitative estimate of drug-likeness (QED) is 0.248. The number of halogens is 1. The Morgan fingerprint density at radius 3 is 2.17 bits per heavy atom. The molecule has 7 nitrogen and oxygen atoms in total. The molecular formula is C33H29ClO7. The number of rotatable bonds is 6. The van der Waals surface area contributed by atoms with Crippen LogP contribution in [0.3, 0.4) is 0 Å². The fourth-order valence-electron chi connectivity index (χ4n) is 5.83. The molecule has 0 saturated heterocycles. The SMILES string of the molecule is COc1ccc(/C=C/[C@@H]2c3c(OC)cc(O)c(Cl)c3O[C@H]3c4c(OC)cc(O)cc4O[C@H](c4ccccc4)[C@@H]23)cc1. The maximum atomic E-state index is 10.7. The van der Waals surface area contributed by atoms with Gasteiger partial charge in [0, 0.05) is 29.7 Å². The van der Waals surface area contributed by atoms with E-state index in [0.717, 1.165) is 16.9 Å². The molecule has 0 unspecified atom stereocenters. The molecule has 0 aromatic heterocycles. The Morgan fingerprint density at radius 2 is 1.49 bits per heavy atom. The summed E-state index contributed by atoms with van der Waals surface area (Å²) in [7, 11) is 4.72. The van der Waals surface area contributed by atoms with Crippen LogP contribution in [0.1, 0.15) is 40.4 Å². The third-order valence-electron chi connectivity index (χ3n) is 7.70. The Kier molecular flexibility index (Phi) is 7.05. The fraction of sp³-hybridized carbons (Fsp3) is 0.212. The van der Waals surface area contributed by atoms with E-state index in [2.05, 4.69) is 6.08 Å². The van der Waals surface area contributed by atoms with Gasteiger partial charge in [-0.3, -0.25) is 0 Å². The first-order valence-electron chi connectivity index (χ1n) is 13.1. The predicted molar refractivity (Wildman–Crippen MR) is 156 cm³/mol. The topological polar surface area (TPSA) is 86.6 Å². The highest BCUT2D eigenvalue weighted by Gasteiger charge is 2.51. The standard InChI is InChI=1S/C33H29ClO7/c1-37-21-12-9-18(10-13-21)11-14-22-27-25(39-3)17-23(36)30(34)33(27)41-32-28(22)31(19-7-5-4-6-8-19)40-26-16-20(35)15-24(38-2)29(26)32/h4-17,22,28,31-32,35-36H,1-3H3/b14-11+/t22-,28-,31-,32-/m1/s1. The number of ether oxygens (including phenoxy) is 5. The minimum absolute atomic E-state index is 0.00960. The van der Waals surface area contributed by atoms with E-state index in [9.17, 15) is 10.2 Å². The van der Waals surface area contributed by atoms with Crippen LogP contribution in [0.25, 0.3) is 6.08 Å². The Labute approximate surface area is 243 Å². The molecular weight excluding hydrogens is 544 g/mol. The highest BCUT2D eigenvalue weighted by molar-refractivity contribution is 6.33. The lowest BCUT2D eigenvalue weighted by Gasteiger charge is -2.47. The van der Waals surface area contributed by atoms with Crippen molar-refractivity contribution in [1.82, 2.24) is 0 Å². The van der Waals surface area contributed by atoms with Gasteiger partial charge in [-0.25, -0.2) is 0 Å². The lowest BCUT2D eigenvalue weighted by molar-refractivity contribution is -0.0106. The van der Waals surface area contributed by atoms with Crippen molar-refractivity contribution in [2.75, 3.05) is 21.3 Å². The van der Waals surface area contributed by atoms with Crippen LogP contribution >= 0.6 is 11.6 Å². The molecule has 2 heterocycles. The minimum Gasteiger partial charge on any atom is -0.508 e. The summed E-state index contributed by atoms with van der Waals surface area (Å²) >= 11 is 6.70. The molecule has 4 aromatic rings. The largest absolute Gasteiger partial charge is 0.508 e. The molecule has 210 valence electrons. The fourth-order valence-corrected chi connectivity index (χ4v) is 6.03. The summed E-state index contributed by atoms with van der Waals surface area (Å²) in [4.78, 5) is 0. The van der Waals surface area contributed by atoms with Gasteiger partial charge in [0.1, 0.15) is 57.5 Å². The van der Waals surface area contributed by atoms with E-state index in [4.69, 9.17) is 35.3 Å². The zero-order valence-corrected chi connectivity index (χ0v) is 23.5. The Hall–Kier alpha value is -4.49. The van der Waals surface area contributed by atoms with E-state index >= 15 is 0 Å². The Morgan fingerprint density at radius 1 is 0.780 bits per heavy atom. The molecule has 2 aliphatic heterocycles. The molecule has 0 bridgehead atoms. The van der Waals surface area contributed by atoms with Crippen LogP contribution < -0.4 is 23.7 Å². The van der Waals surface area contributed by atoms with Gasteiger partial charge in [-0.1, -0.05) is 66.2 Å². The van der Waals surface area contributed by atoms with Gasteiger partial charge in [0.05, 0.1) is 32.8 Å². The third-order valence-corrected chi connectivity index (χ3v) is 8.07. The number of hydrogen-bond donors (Lipinski definition) is 2. The Balaban J connectivity index is 1.60. The van der Waals surface area contributed by atoms with Gasteiger partial charge in [0.2, 0.25) is 0 Å². The summed E-state index contributed by atoms with van der Waals surface area (Å²) in [6.45, 7) is 0. The molecule has 2 aliphatic rings. The molecule has 4 atom stereocenters. The van der Waals surface area contributed by atoms with Gasteiger partial charge in [0.15, 0.2) is 0 Å². The van der Waals surface area contributed by atoms with E-state index in [1.54, 1.807) is 20.3 Å². The van der Waals surface area contributed by atoms with Crippen molar-refractivity contribution in [2.24, 2.45) is 5.92 Å². The first-order valence-corrected chi connectivity index (χ1v) is 13.5. The van der Waals surface area contributed by atoms with E-state index in [1.807, 2.05) is 60.7 Å². The normalized spacial score (nSPS) is 20.7. The van der Waals surface area contributed by atoms with Crippen molar-refractivity contribution in [3.63, 3.8) is 0 Å². The zero-order chi connectivity index (χ0) is 28.7. The van der Waals surface area contributed by atoms with Gasteiger partial charge in [-0.15, -0.1) is 0 Å². The van der Waals surface area contributed by atoms with Gasteiger partial charge >= 0.3 is 0 Å². The summed E-state index contributed by atoms with van der Waals surface area (Å²) in [5.74, 6) is 1.60. The minimum atomic E-state index is -0.610. The highest BCUT2D eigenvalue weighted by Crippen LogP contribution is 2.62. The van der Waals surface area contributed by atoms with Crippen LogP contribution in [0.15, 0.2) is 78.9 Å². The molecule has 2 N–H and O–H groups in total. The van der Waals surface area contributed by atoms with Gasteiger partial charge < -0.3 is 33.9 Å². The summed E-state index contributed by atoms with van der Waals surface area (Å²) in [6.07, 6.45) is 3.04. The molecule has 0 spiro atoms. The van der Waals surface area contributed by atoms with Gasteiger partial charge in [-0.05, 0) is 23.3 Å². The zero-order valence-electron chi connectivity index (χ0n) is 22.7. The van der Waals surface area contributed by atoms with Crippen LogP contribution in [-0.4, -0.2) is 31.5 Å². The molecule has 41 heavy (non-hydrogen) atoms. The smallest absolute Gasteiger partial charge is 0.150 e. The molecule has 8 heteroatoms. The number of phenols is 2. The van der Waals surface area contributed by atoms with Crippen LogP contribution in [0.5, 0.6) is 40.2 Å². The van der Waals surface area contributed by atoms with Crippen molar-refractivity contribution in [2.45, 2.75) is 18.1 Å². The van der Waals surface area contributed by atoms with Crippen molar-refractivity contribution in [3.05, 3.63) is 106 Å². The molecule has 4 aromatic carbocycles. The maximum Gasteiger partial charge on any atom is 0.150 e. The average molecular weight is 573 g/mol. The molecule has 0 saturated carbocycles. The van der Waals surface area contributed by atoms with Gasteiger partial charge in [-0.2, -0.15) is 0 Å². The van der Waals surface area contributed by atoms with E-state index < -0.39 is 12.2 Å². The first-order chi connectivity index (χ1) is 19.9. The summed E-state index contributed by atoms with van der Waals surface area (Å²) < 4.78 is 30.2. The number of aromatic hydroxyl groups is 2. The number of phenolic OH excluding ortho intramolecular Hbond substituents is 2. The van der Waals surface area contributed by atoms with Crippen LogP contribution in [-0.2, 0) is 0 Å². The van der Waals surface area contributed by atoms with Crippen molar-refractivity contribution < 1.29 is 33.9 Å². The lowest BCUT2D eigenvalue weighted by atomic mass is 9.71. The van der Waals surface area contributed by atoms with Crippen LogP contribution in [0, 0.1) is 5.92 Å². The maximum absolute atomic E-state index is 10.7. The molecule has 0 aliphatic carbocycles. The van der Waals surface area contributed by atoms with Crippen LogP contribution in [0.2, 0.25) is 5.02 Å². The number of benzene rings is 4. The van der Waals surface area contributed by atoms with Crippen molar-refractivity contribution in [3.8, 4) is 40.2 Å². The first kappa shape index (κ1) is 26.7. The van der Waals surface area contributed by atoms with Crippen molar-refractivity contribution >= 4 is 17.7 Å². The third kappa shape index (κ3) is 4.66. The molecule has 0 radical (unpaired) electrons. The second-order valence-corrected chi connectivity index (χ2v) is 10.3. The predicted octanol–water partition coefficient (Wildman–Crippen LogP) is 7.46.